The summed E-state index contributed by atoms with van der Waals surface area (Å²) in [6.45, 7) is 0. The van der Waals surface area contributed by atoms with E-state index in [-0.39, 0.29) is 18.2 Å². The van der Waals surface area contributed by atoms with E-state index in [9.17, 15) is 9.59 Å². The number of hydrogen-bond acceptors (Lipinski definition) is 4. The summed E-state index contributed by atoms with van der Waals surface area (Å²) in [4.78, 5) is 32.0. The number of hydrogen-bond donors (Lipinski definition) is 1. The maximum atomic E-state index is 13.2. The smallest absolute Gasteiger partial charge is 0.247 e. The molecule has 1 saturated heterocycles. The number of carbonyl (C=O) groups excluding carboxylic acids is 2. The Bertz CT molecular complexity index is 1070. The Morgan fingerprint density at radius 2 is 1.60 bits per heavy atom. The Labute approximate surface area is 187 Å². The van der Waals surface area contributed by atoms with Gasteiger partial charge in [-0.25, -0.2) is 4.99 Å². The minimum absolute atomic E-state index is 0.0662. The number of anilines is 2. The third kappa shape index (κ3) is 4.80. The van der Waals surface area contributed by atoms with Gasteiger partial charge in [-0.1, -0.05) is 64.1 Å². The Balaban J connectivity index is 1.56. The molecule has 4 rings (SSSR count). The van der Waals surface area contributed by atoms with Crippen LogP contribution in [0.5, 0.6) is 0 Å². The number of thioether (sulfide) groups is 1. The van der Waals surface area contributed by atoms with Gasteiger partial charge >= 0.3 is 0 Å². The first-order chi connectivity index (χ1) is 14.6. The number of aliphatic imine (C=N–C) groups is 1. The zero-order valence-electron chi connectivity index (χ0n) is 15.9. The molecule has 1 atom stereocenters. The van der Waals surface area contributed by atoms with Crippen molar-refractivity contribution in [3.63, 3.8) is 0 Å². The number of halogens is 1. The van der Waals surface area contributed by atoms with E-state index >= 15 is 0 Å². The molecule has 150 valence electrons. The number of para-hydroxylation sites is 2. The van der Waals surface area contributed by atoms with Crippen LogP contribution in [0.1, 0.15) is 6.42 Å². The summed E-state index contributed by atoms with van der Waals surface area (Å²) in [5, 5.41) is 2.88. The fourth-order valence-corrected chi connectivity index (χ4v) is 4.43. The zero-order valence-corrected chi connectivity index (χ0v) is 18.3. The Morgan fingerprint density at radius 1 is 0.967 bits per heavy atom. The molecule has 1 heterocycles. The highest BCUT2D eigenvalue weighted by Gasteiger charge is 2.40. The van der Waals surface area contributed by atoms with E-state index in [1.807, 2.05) is 84.9 Å². The highest BCUT2D eigenvalue weighted by atomic mass is 79.9. The van der Waals surface area contributed by atoms with Crippen LogP contribution in [0.2, 0.25) is 0 Å². The van der Waals surface area contributed by atoms with Gasteiger partial charge in [0.1, 0.15) is 5.25 Å². The van der Waals surface area contributed by atoms with Crippen LogP contribution in [0.3, 0.4) is 0 Å². The Hall–Kier alpha value is -2.90. The van der Waals surface area contributed by atoms with Gasteiger partial charge in [-0.15, -0.1) is 0 Å². The fourth-order valence-electron chi connectivity index (χ4n) is 3.02. The van der Waals surface area contributed by atoms with Gasteiger partial charge in [-0.2, -0.15) is 0 Å². The number of amidine groups is 1. The molecular formula is C23H18BrN3O2S. The molecule has 1 fully saturated rings. The lowest BCUT2D eigenvalue weighted by Gasteiger charge is -2.16. The van der Waals surface area contributed by atoms with Crippen molar-refractivity contribution in [2.24, 2.45) is 4.99 Å². The number of benzene rings is 3. The van der Waals surface area contributed by atoms with E-state index in [0.29, 0.717) is 10.9 Å². The van der Waals surface area contributed by atoms with Gasteiger partial charge in [-0.3, -0.25) is 14.5 Å². The van der Waals surface area contributed by atoms with E-state index in [0.717, 1.165) is 15.8 Å². The molecule has 30 heavy (non-hydrogen) atoms. The van der Waals surface area contributed by atoms with E-state index in [2.05, 4.69) is 26.2 Å². The average Bonchev–Trinajstić information content (AvgIpc) is 3.05. The molecule has 0 bridgehead atoms. The van der Waals surface area contributed by atoms with Crippen LogP contribution in [-0.4, -0.2) is 22.2 Å². The van der Waals surface area contributed by atoms with E-state index in [1.165, 1.54) is 11.8 Å². The van der Waals surface area contributed by atoms with Crippen LogP contribution in [0.25, 0.3) is 0 Å². The monoisotopic (exact) mass is 479 g/mol. The number of nitrogens with zero attached hydrogens (tertiary/aromatic N) is 2. The predicted molar refractivity (Wildman–Crippen MR) is 126 cm³/mol. The summed E-state index contributed by atoms with van der Waals surface area (Å²) >= 11 is 4.69. The van der Waals surface area contributed by atoms with Gasteiger partial charge in [0.15, 0.2) is 5.17 Å². The molecule has 5 nitrogen and oxygen atoms in total. The van der Waals surface area contributed by atoms with Crippen molar-refractivity contribution in [1.29, 1.82) is 0 Å². The molecule has 1 aliphatic rings. The summed E-state index contributed by atoms with van der Waals surface area (Å²) in [5.41, 5.74) is 2.19. The molecule has 0 unspecified atom stereocenters. The van der Waals surface area contributed by atoms with Crippen LogP contribution < -0.4 is 10.2 Å². The minimum atomic E-state index is -0.539. The molecule has 0 saturated carbocycles. The Kier molecular flexibility index (Phi) is 6.30. The summed E-state index contributed by atoms with van der Waals surface area (Å²) in [6.07, 6.45) is 0.0662. The lowest BCUT2D eigenvalue weighted by molar-refractivity contribution is -0.121. The van der Waals surface area contributed by atoms with Crippen molar-refractivity contribution < 1.29 is 9.59 Å². The van der Waals surface area contributed by atoms with E-state index < -0.39 is 5.25 Å². The van der Waals surface area contributed by atoms with Crippen LogP contribution in [0, 0.1) is 0 Å². The number of amides is 2. The molecule has 3 aromatic carbocycles. The third-order valence-electron chi connectivity index (χ3n) is 4.43. The molecule has 2 amide bonds. The van der Waals surface area contributed by atoms with Gasteiger partial charge in [-0.05, 0) is 48.5 Å². The van der Waals surface area contributed by atoms with Crippen LogP contribution >= 0.6 is 27.7 Å². The average molecular weight is 480 g/mol. The molecule has 0 radical (unpaired) electrons. The summed E-state index contributed by atoms with van der Waals surface area (Å²) in [5.74, 6) is -0.357. The Morgan fingerprint density at radius 3 is 2.27 bits per heavy atom. The lowest BCUT2D eigenvalue weighted by Crippen LogP contribution is -2.33. The minimum Gasteiger partial charge on any atom is -0.326 e. The topological polar surface area (TPSA) is 61.8 Å². The second-order valence-electron chi connectivity index (χ2n) is 6.60. The summed E-state index contributed by atoms with van der Waals surface area (Å²) < 4.78 is 0.933. The fraction of sp³-hybridized carbons (Fsp3) is 0.0870. The second-order valence-corrected chi connectivity index (χ2v) is 8.69. The van der Waals surface area contributed by atoms with Crippen LogP contribution in [-0.2, 0) is 9.59 Å². The molecule has 3 aromatic rings. The molecule has 1 N–H and O–H groups in total. The molecule has 0 aliphatic carbocycles. The van der Waals surface area contributed by atoms with Gasteiger partial charge in [0.25, 0.3) is 0 Å². The number of rotatable bonds is 5. The summed E-state index contributed by atoms with van der Waals surface area (Å²) in [6, 6.07) is 26.2. The summed E-state index contributed by atoms with van der Waals surface area (Å²) in [7, 11) is 0. The van der Waals surface area contributed by atoms with Crippen LogP contribution in [0.15, 0.2) is 94.4 Å². The van der Waals surface area contributed by atoms with Crippen molar-refractivity contribution in [3.8, 4) is 0 Å². The first-order valence-corrected chi connectivity index (χ1v) is 11.0. The van der Waals surface area contributed by atoms with E-state index in [4.69, 9.17) is 0 Å². The number of carbonyl (C=O) groups is 2. The maximum absolute atomic E-state index is 13.2. The quantitative estimate of drug-likeness (QED) is 0.516. The lowest BCUT2D eigenvalue weighted by atomic mass is 10.2. The first-order valence-electron chi connectivity index (χ1n) is 9.35. The molecule has 1 aliphatic heterocycles. The van der Waals surface area contributed by atoms with Gasteiger partial charge in [0.2, 0.25) is 11.8 Å². The largest absolute Gasteiger partial charge is 0.326 e. The first kappa shape index (κ1) is 20.4. The van der Waals surface area contributed by atoms with Crippen molar-refractivity contribution in [2.75, 3.05) is 10.2 Å². The molecule has 0 aromatic heterocycles. The standard InChI is InChI=1S/C23H18BrN3O2S/c24-16-11-13-18(14-12-16)25-21(28)15-20-22(29)27(19-9-5-2-6-10-19)23(30-20)26-17-7-3-1-4-8-17/h1-14,20H,15H2,(H,25,28)/t20-/m1/s1. The van der Waals surface area contributed by atoms with Crippen LogP contribution in [0.4, 0.5) is 17.1 Å². The van der Waals surface area contributed by atoms with Gasteiger partial charge in [0.05, 0.1) is 11.4 Å². The van der Waals surface area contributed by atoms with Gasteiger partial charge < -0.3 is 5.32 Å². The molecular weight excluding hydrogens is 462 g/mol. The normalized spacial score (nSPS) is 17.4. The maximum Gasteiger partial charge on any atom is 0.247 e. The molecule has 7 heteroatoms. The SMILES string of the molecule is O=C(C[C@H]1SC(=Nc2ccccc2)N(c2ccccc2)C1=O)Nc1ccc(Br)cc1. The van der Waals surface area contributed by atoms with E-state index in [1.54, 1.807) is 4.90 Å². The van der Waals surface area contributed by atoms with Crippen molar-refractivity contribution in [3.05, 3.63) is 89.4 Å². The molecule has 0 spiro atoms. The number of nitrogens with one attached hydrogen (secondary N) is 1. The second kappa shape index (κ2) is 9.28. The van der Waals surface area contributed by atoms with Crippen molar-refractivity contribution in [1.82, 2.24) is 0 Å². The van der Waals surface area contributed by atoms with Crippen molar-refractivity contribution in [2.45, 2.75) is 11.7 Å². The highest BCUT2D eigenvalue weighted by molar-refractivity contribution is 9.10. The predicted octanol–water partition coefficient (Wildman–Crippen LogP) is 5.61. The third-order valence-corrected chi connectivity index (χ3v) is 6.10. The van der Waals surface area contributed by atoms with Gasteiger partial charge in [0, 0.05) is 16.6 Å². The zero-order chi connectivity index (χ0) is 20.9. The highest BCUT2D eigenvalue weighted by Crippen LogP contribution is 2.35. The van der Waals surface area contributed by atoms with Crippen molar-refractivity contribution >= 4 is 61.7 Å².